The van der Waals surface area contributed by atoms with E-state index in [1.54, 1.807) is 22.9 Å². The average Bonchev–Trinajstić information content (AvgIpc) is 2.46. The number of nitrogens with zero attached hydrogens (tertiary/aromatic N) is 2. The van der Waals surface area contributed by atoms with Gasteiger partial charge in [-0.3, -0.25) is 9.36 Å². The number of H-pyrrole nitrogens is 1. The van der Waals surface area contributed by atoms with Crippen LogP contribution in [0.2, 0.25) is 0 Å². The Morgan fingerprint density at radius 1 is 1.45 bits per heavy atom. The summed E-state index contributed by atoms with van der Waals surface area (Å²) in [5.41, 5.74) is 0.534. The minimum Gasteiger partial charge on any atom is -0.316 e. The normalized spacial score (nSPS) is 12.7. The first-order chi connectivity index (χ1) is 9.67. The number of hydrogen-bond donors (Lipinski definition) is 1. The van der Waals surface area contributed by atoms with Crippen molar-refractivity contribution < 1.29 is 0 Å². The maximum absolute atomic E-state index is 12.5. The minimum atomic E-state index is -0.0354. The van der Waals surface area contributed by atoms with Gasteiger partial charge in [0.05, 0.1) is 5.39 Å². The molecule has 2 aromatic rings. The van der Waals surface area contributed by atoms with Gasteiger partial charge >= 0.3 is 0 Å². The maximum Gasteiger partial charge on any atom is 0.263 e. The number of fused-ring (bicyclic) bond motifs is 1. The molecule has 0 unspecified atom stereocenters. The van der Waals surface area contributed by atoms with Gasteiger partial charge in [0, 0.05) is 12.7 Å². The standard InChI is InChI=1S/C15H21N3OS/c1-3-5-7-11(4-2)10-18-14(19)12-8-6-9-16-13(12)17-15(18)20/h6,8-9,11H,3-5,7,10H2,1-2H3,(H,16,17,20)/t11-/m0/s1. The molecule has 0 radical (unpaired) electrons. The Kier molecular flexibility index (Phi) is 5.06. The molecule has 5 heteroatoms. The van der Waals surface area contributed by atoms with Crippen molar-refractivity contribution in [1.29, 1.82) is 0 Å². The number of hydrogen-bond acceptors (Lipinski definition) is 3. The molecule has 0 aliphatic carbocycles. The third kappa shape index (κ3) is 3.15. The Balaban J connectivity index is 2.39. The molecule has 4 nitrogen and oxygen atoms in total. The summed E-state index contributed by atoms with van der Waals surface area (Å²) < 4.78 is 2.15. The number of nitrogens with one attached hydrogen (secondary N) is 1. The van der Waals surface area contributed by atoms with E-state index in [9.17, 15) is 4.79 Å². The summed E-state index contributed by atoms with van der Waals surface area (Å²) in [4.78, 5) is 19.7. The summed E-state index contributed by atoms with van der Waals surface area (Å²) in [6, 6.07) is 3.57. The van der Waals surface area contributed by atoms with E-state index in [2.05, 4.69) is 23.8 Å². The summed E-state index contributed by atoms with van der Waals surface area (Å²) in [6.45, 7) is 5.04. The predicted molar refractivity (Wildman–Crippen MR) is 84.5 cm³/mol. The van der Waals surface area contributed by atoms with Gasteiger partial charge in [0.15, 0.2) is 4.77 Å². The van der Waals surface area contributed by atoms with Crippen molar-refractivity contribution in [1.82, 2.24) is 14.5 Å². The third-order valence-electron chi connectivity index (χ3n) is 3.74. The first kappa shape index (κ1) is 14.9. The van der Waals surface area contributed by atoms with E-state index in [-0.39, 0.29) is 5.56 Å². The van der Waals surface area contributed by atoms with Gasteiger partial charge in [0.2, 0.25) is 0 Å². The molecule has 2 rings (SSSR count). The Morgan fingerprint density at radius 3 is 2.95 bits per heavy atom. The van der Waals surface area contributed by atoms with Crippen molar-refractivity contribution in [3.63, 3.8) is 0 Å². The van der Waals surface area contributed by atoms with Crippen molar-refractivity contribution in [2.45, 2.75) is 46.1 Å². The van der Waals surface area contributed by atoms with Crippen LogP contribution in [0.4, 0.5) is 0 Å². The SMILES string of the molecule is CCCC[C@H](CC)Cn1c(=S)[nH]c2ncccc2c1=O. The molecule has 20 heavy (non-hydrogen) atoms. The molecule has 0 bridgehead atoms. The van der Waals surface area contributed by atoms with E-state index >= 15 is 0 Å². The van der Waals surface area contributed by atoms with Crippen molar-refractivity contribution in [3.8, 4) is 0 Å². The van der Waals surface area contributed by atoms with Crippen LogP contribution in [0.3, 0.4) is 0 Å². The highest BCUT2D eigenvalue weighted by atomic mass is 32.1. The van der Waals surface area contributed by atoms with E-state index < -0.39 is 0 Å². The number of aromatic amines is 1. The fraction of sp³-hybridized carbons (Fsp3) is 0.533. The highest BCUT2D eigenvalue weighted by Gasteiger charge is 2.11. The van der Waals surface area contributed by atoms with Gasteiger partial charge in [-0.05, 0) is 36.7 Å². The van der Waals surface area contributed by atoms with Gasteiger partial charge in [-0.15, -0.1) is 0 Å². The Bertz CT molecular complexity index is 689. The van der Waals surface area contributed by atoms with E-state index in [0.29, 0.717) is 28.3 Å². The van der Waals surface area contributed by atoms with Gasteiger partial charge < -0.3 is 4.98 Å². The molecule has 0 amide bonds. The van der Waals surface area contributed by atoms with Crippen LogP contribution < -0.4 is 5.56 Å². The highest BCUT2D eigenvalue weighted by Crippen LogP contribution is 2.15. The van der Waals surface area contributed by atoms with E-state index in [4.69, 9.17) is 12.2 Å². The zero-order valence-corrected chi connectivity index (χ0v) is 12.9. The van der Waals surface area contributed by atoms with Crippen LogP contribution in [0.15, 0.2) is 23.1 Å². The van der Waals surface area contributed by atoms with Gasteiger partial charge in [-0.25, -0.2) is 4.98 Å². The van der Waals surface area contributed by atoms with Gasteiger partial charge in [0.25, 0.3) is 5.56 Å². The lowest BCUT2D eigenvalue weighted by Gasteiger charge is -2.16. The third-order valence-corrected chi connectivity index (χ3v) is 4.06. The Hall–Kier alpha value is -1.49. The van der Waals surface area contributed by atoms with E-state index in [1.807, 2.05) is 0 Å². The average molecular weight is 291 g/mol. The number of unbranched alkanes of at least 4 members (excludes halogenated alkanes) is 1. The largest absolute Gasteiger partial charge is 0.316 e. The molecule has 1 atom stereocenters. The van der Waals surface area contributed by atoms with Crippen molar-refractivity contribution in [2.24, 2.45) is 5.92 Å². The van der Waals surface area contributed by atoms with Gasteiger partial charge in [-0.2, -0.15) is 0 Å². The first-order valence-electron chi connectivity index (χ1n) is 7.25. The van der Waals surface area contributed by atoms with E-state index in [0.717, 1.165) is 12.8 Å². The molecule has 1 N–H and O–H groups in total. The fourth-order valence-corrected chi connectivity index (χ4v) is 2.68. The molecule has 2 heterocycles. The second-order valence-corrected chi connectivity index (χ2v) is 5.55. The fourth-order valence-electron chi connectivity index (χ4n) is 2.43. The summed E-state index contributed by atoms with van der Waals surface area (Å²) in [7, 11) is 0. The topological polar surface area (TPSA) is 50.7 Å². The first-order valence-corrected chi connectivity index (χ1v) is 7.66. The molecule has 0 aliphatic heterocycles. The van der Waals surface area contributed by atoms with Crippen molar-refractivity contribution in [2.75, 3.05) is 0 Å². The minimum absolute atomic E-state index is 0.0354. The quantitative estimate of drug-likeness (QED) is 0.826. The molecule has 0 fully saturated rings. The van der Waals surface area contributed by atoms with Crippen LogP contribution in [0, 0.1) is 10.7 Å². The monoisotopic (exact) mass is 291 g/mol. The molecular weight excluding hydrogens is 270 g/mol. The van der Waals surface area contributed by atoms with Crippen molar-refractivity contribution >= 4 is 23.3 Å². The van der Waals surface area contributed by atoms with Crippen LogP contribution in [0.25, 0.3) is 11.0 Å². The van der Waals surface area contributed by atoms with Crippen LogP contribution in [-0.2, 0) is 6.54 Å². The van der Waals surface area contributed by atoms with Crippen LogP contribution in [-0.4, -0.2) is 14.5 Å². The van der Waals surface area contributed by atoms with Gasteiger partial charge in [0.1, 0.15) is 5.65 Å². The predicted octanol–water partition coefficient (Wildman–Crippen LogP) is 3.67. The maximum atomic E-state index is 12.5. The molecule has 0 saturated heterocycles. The number of aromatic nitrogens is 3. The lowest BCUT2D eigenvalue weighted by Crippen LogP contribution is -2.26. The molecule has 2 aromatic heterocycles. The smallest absolute Gasteiger partial charge is 0.263 e. The summed E-state index contributed by atoms with van der Waals surface area (Å²) in [5.74, 6) is 0.497. The summed E-state index contributed by atoms with van der Waals surface area (Å²) in [5, 5.41) is 0.603. The molecular formula is C15H21N3OS. The van der Waals surface area contributed by atoms with Crippen LogP contribution in [0.5, 0.6) is 0 Å². The zero-order valence-electron chi connectivity index (χ0n) is 12.1. The second-order valence-electron chi connectivity index (χ2n) is 5.16. The summed E-state index contributed by atoms with van der Waals surface area (Å²) >= 11 is 5.31. The van der Waals surface area contributed by atoms with Gasteiger partial charge in [-0.1, -0.05) is 33.1 Å². The van der Waals surface area contributed by atoms with Crippen LogP contribution in [0.1, 0.15) is 39.5 Å². The summed E-state index contributed by atoms with van der Waals surface area (Å²) in [6.07, 6.45) is 6.23. The molecule has 0 spiro atoms. The molecule has 0 saturated carbocycles. The number of rotatable bonds is 6. The molecule has 0 aromatic carbocycles. The highest BCUT2D eigenvalue weighted by molar-refractivity contribution is 7.71. The zero-order chi connectivity index (χ0) is 14.5. The van der Waals surface area contributed by atoms with Crippen LogP contribution >= 0.6 is 12.2 Å². The molecule has 108 valence electrons. The second kappa shape index (κ2) is 6.79. The lowest BCUT2D eigenvalue weighted by molar-refractivity contribution is 0.382. The molecule has 0 aliphatic rings. The lowest BCUT2D eigenvalue weighted by atomic mass is 9.99. The number of pyridine rings is 1. The Labute approximate surface area is 123 Å². The van der Waals surface area contributed by atoms with E-state index in [1.165, 1.54) is 12.8 Å². The Morgan fingerprint density at radius 2 is 2.25 bits per heavy atom. The van der Waals surface area contributed by atoms with Crippen molar-refractivity contribution in [3.05, 3.63) is 33.5 Å².